The van der Waals surface area contributed by atoms with Gasteiger partial charge in [0.15, 0.2) is 6.54 Å². The lowest BCUT2D eigenvalue weighted by molar-refractivity contribution is -0.898. The second-order valence-corrected chi connectivity index (χ2v) is 8.74. The SMILES string of the molecule is NS(=O)(=O)c1cccc(NC(=O)C[NH+]2CCC(Cc3ccccc3)CC2)c1. The third-order valence-corrected chi connectivity index (χ3v) is 5.95. The molecule has 2 aromatic carbocycles. The third-order valence-electron chi connectivity index (χ3n) is 5.04. The van der Waals surface area contributed by atoms with Crippen molar-refractivity contribution >= 4 is 21.6 Å². The molecule has 1 amide bonds. The molecule has 0 unspecified atom stereocenters. The van der Waals surface area contributed by atoms with Crippen molar-refractivity contribution in [2.45, 2.75) is 24.2 Å². The van der Waals surface area contributed by atoms with Crippen LogP contribution in [0.3, 0.4) is 0 Å². The van der Waals surface area contributed by atoms with E-state index >= 15 is 0 Å². The molecule has 6 nitrogen and oxygen atoms in total. The number of carbonyl (C=O) groups is 1. The van der Waals surface area contributed by atoms with Crippen molar-refractivity contribution in [1.29, 1.82) is 0 Å². The number of primary sulfonamides is 1. The van der Waals surface area contributed by atoms with Crippen molar-refractivity contribution in [1.82, 2.24) is 0 Å². The Kier molecular flexibility index (Phi) is 6.26. The van der Waals surface area contributed by atoms with Gasteiger partial charge in [-0.2, -0.15) is 0 Å². The summed E-state index contributed by atoms with van der Waals surface area (Å²) < 4.78 is 22.8. The van der Waals surface area contributed by atoms with Crippen molar-refractivity contribution in [2.75, 3.05) is 25.0 Å². The first-order chi connectivity index (χ1) is 12.9. The van der Waals surface area contributed by atoms with Crippen molar-refractivity contribution in [2.24, 2.45) is 11.1 Å². The minimum Gasteiger partial charge on any atom is -0.327 e. The average Bonchev–Trinajstić information content (AvgIpc) is 2.64. The van der Waals surface area contributed by atoms with Gasteiger partial charge >= 0.3 is 0 Å². The van der Waals surface area contributed by atoms with Crippen molar-refractivity contribution in [3.8, 4) is 0 Å². The van der Waals surface area contributed by atoms with E-state index in [0.717, 1.165) is 32.4 Å². The lowest BCUT2D eigenvalue weighted by Crippen LogP contribution is -3.14. The molecule has 3 rings (SSSR count). The standard InChI is InChI=1S/C20H25N3O3S/c21-27(25,26)19-8-4-7-18(14-19)22-20(24)15-23-11-9-17(10-12-23)13-16-5-2-1-3-6-16/h1-8,14,17H,9-13,15H2,(H,22,24)(H2,21,25,26)/p+1. The summed E-state index contributed by atoms with van der Waals surface area (Å²) in [5.41, 5.74) is 1.82. The smallest absolute Gasteiger partial charge is 0.279 e. The van der Waals surface area contributed by atoms with Crippen LogP contribution in [0.2, 0.25) is 0 Å². The van der Waals surface area contributed by atoms with Crippen molar-refractivity contribution in [3.63, 3.8) is 0 Å². The molecule has 0 aromatic heterocycles. The highest BCUT2D eigenvalue weighted by atomic mass is 32.2. The van der Waals surface area contributed by atoms with Gasteiger partial charge in [0.05, 0.1) is 18.0 Å². The summed E-state index contributed by atoms with van der Waals surface area (Å²) in [6.45, 7) is 2.34. The van der Waals surface area contributed by atoms with Gasteiger partial charge in [0, 0.05) is 5.69 Å². The Hall–Kier alpha value is -2.22. The molecule has 0 aliphatic carbocycles. The van der Waals surface area contributed by atoms with Crippen LogP contribution in [0.15, 0.2) is 59.5 Å². The van der Waals surface area contributed by atoms with Crippen LogP contribution in [0.4, 0.5) is 5.69 Å². The van der Waals surface area contributed by atoms with E-state index in [1.54, 1.807) is 12.1 Å². The zero-order valence-corrected chi connectivity index (χ0v) is 16.0. The predicted octanol–water partition coefficient (Wildman–Crippen LogP) is 0.810. The quantitative estimate of drug-likeness (QED) is 0.684. The fourth-order valence-electron chi connectivity index (χ4n) is 3.60. The second-order valence-electron chi connectivity index (χ2n) is 7.18. The summed E-state index contributed by atoms with van der Waals surface area (Å²) in [4.78, 5) is 13.6. The van der Waals surface area contributed by atoms with E-state index < -0.39 is 10.0 Å². The number of hydrogen-bond donors (Lipinski definition) is 3. The Bertz CT molecular complexity index is 876. The molecule has 0 bridgehead atoms. The highest BCUT2D eigenvalue weighted by molar-refractivity contribution is 7.89. The number of sulfonamides is 1. The summed E-state index contributed by atoms with van der Waals surface area (Å²) in [6, 6.07) is 16.5. The molecule has 0 spiro atoms. The highest BCUT2D eigenvalue weighted by Gasteiger charge is 2.24. The Balaban J connectivity index is 1.47. The summed E-state index contributed by atoms with van der Waals surface area (Å²) in [5.74, 6) is 0.559. The number of rotatable bonds is 6. The number of nitrogens with two attached hydrogens (primary N) is 1. The number of benzene rings is 2. The average molecular weight is 389 g/mol. The molecule has 2 aromatic rings. The van der Waals surface area contributed by atoms with Gasteiger partial charge in [0.2, 0.25) is 10.0 Å². The third kappa shape index (κ3) is 5.89. The monoisotopic (exact) mass is 388 g/mol. The first-order valence-corrected chi connectivity index (χ1v) is 10.7. The van der Waals surface area contributed by atoms with Gasteiger partial charge in [0.25, 0.3) is 5.91 Å². The predicted molar refractivity (Wildman–Crippen MR) is 105 cm³/mol. The maximum atomic E-state index is 12.3. The molecule has 144 valence electrons. The zero-order valence-electron chi connectivity index (χ0n) is 15.2. The highest BCUT2D eigenvalue weighted by Crippen LogP contribution is 2.16. The van der Waals surface area contributed by atoms with E-state index in [2.05, 4.69) is 29.6 Å². The molecule has 7 heteroatoms. The normalized spacial score (nSPS) is 20.2. The summed E-state index contributed by atoms with van der Waals surface area (Å²) >= 11 is 0. The maximum Gasteiger partial charge on any atom is 0.279 e. The molecule has 4 N–H and O–H groups in total. The maximum absolute atomic E-state index is 12.3. The van der Waals surface area contributed by atoms with Crippen LogP contribution in [0.5, 0.6) is 0 Å². The first-order valence-electron chi connectivity index (χ1n) is 9.20. The number of amides is 1. The first kappa shape index (κ1) is 19.5. The number of piperidine rings is 1. The van der Waals surface area contributed by atoms with Crippen molar-refractivity contribution < 1.29 is 18.1 Å². The lowest BCUT2D eigenvalue weighted by Gasteiger charge is -2.29. The van der Waals surface area contributed by atoms with E-state index in [4.69, 9.17) is 5.14 Å². The molecule has 1 aliphatic rings. The molecule has 0 radical (unpaired) electrons. The molecule has 27 heavy (non-hydrogen) atoms. The summed E-state index contributed by atoms with van der Waals surface area (Å²) in [7, 11) is -3.78. The minimum absolute atomic E-state index is 0.00521. The molecule has 1 heterocycles. The molecule has 0 saturated carbocycles. The molecule has 1 fully saturated rings. The molecular weight excluding hydrogens is 362 g/mol. The van der Waals surface area contributed by atoms with Crippen LogP contribution < -0.4 is 15.4 Å². The molecule has 1 aliphatic heterocycles. The van der Waals surface area contributed by atoms with Gasteiger partial charge in [-0.15, -0.1) is 0 Å². The Labute approximate surface area is 160 Å². The van der Waals surface area contributed by atoms with E-state index in [1.807, 2.05) is 6.07 Å². The number of quaternary nitrogens is 1. The number of hydrogen-bond acceptors (Lipinski definition) is 3. The van der Waals surface area contributed by atoms with Crippen LogP contribution in [0.1, 0.15) is 18.4 Å². The van der Waals surface area contributed by atoms with Gasteiger partial charge in [-0.05, 0) is 48.9 Å². The van der Waals surface area contributed by atoms with Crippen LogP contribution in [0, 0.1) is 5.92 Å². The van der Waals surface area contributed by atoms with Crippen LogP contribution >= 0.6 is 0 Å². The number of carbonyl (C=O) groups excluding carboxylic acids is 1. The van der Waals surface area contributed by atoms with Gasteiger partial charge in [-0.25, -0.2) is 13.6 Å². The summed E-state index contributed by atoms with van der Waals surface area (Å²) in [6.07, 6.45) is 3.32. The van der Waals surface area contributed by atoms with E-state index in [1.165, 1.54) is 22.6 Å². The van der Waals surface area contributed by atoms with Crippen molar-refractivity contribution in [3.05, 3.63) is 60.2 Å². The van der Waals surface area contributed by atoms with Crippen LogP contribution in [-0.4, -0.2) is 34.0 Å². The van der Waals surface area contributed by atoms with E-state index in [9.17, 15) is 13.2 Å². The molecule has 1 saturated heterocycles. The minimum atomic E-state index is -3.78. The van der Waals surface area contributed by atoms with Gasteiger partial charge < -0.3 is 10.2 Å². The Morgan fingerprint density at radius 3 is 2.44 bits per heavy atom. The number of likely N-dealkylation sites (tertiary alicyclic amines) is 1. The van der Waals surface area contributed by atoms with Crippen LogP contribution in [-0.2, 0) is 21.2 Å². The van der Waals surface area contributed by atoms with Gasteiger partial charge in [-0.3, -0.25) is 4.79 Å². The number of nitrogens with one attached hydrogen (secondary N) is 2. The second kappa shape index (κ2) is 8.65. The Morgan fingerprint density at radius 2 is 1.78 bits per heavy atom. The molecule has 0 atom stereocenters. The fourth-order valence-corrected chi connectivity index (χ4v) is 4.16. The van der Waals surface area contributed by atoms with E-state index in [0.29, 0.717) is 18.2 Å². The lowest BCUT2D eigenvalue weighted by atomic mass is 9.90. The largest absolute Gasteiger partial charge is 0.327 e. The van der Waals surface area contributed by atoms with Gasteiger partial charge in [0.1, 0.15) is 0 Å². The fraction of sp³-hybridized carbons (Fsp3) is 0.350. The number of anilines is 1. The topological polar surface area (TPSA) is 93.7 Å². The van der Waals surface area contributed by atoms with Crippen LogP contribution in [0.25, 0.3) is 0 Å². The van der Waals surface area contributed by atoms with Gasteiger partial charge in [-0.1, -0.05) is 36.4 Å². The zero-order chi connectivity index (χ0) is 19.3. The molecular formula is C20H26N3O3S+. The van der Waals surface area contributed by atoms with E-state index in [-0.39, 0.29) is 10.8 Å². The Morgan fingerprint density at radius 1 is 1.07 bits per heavy atom. The summed E-state index contributed by atoms with van der Waals surface area (Å²) in [5, 5.41) is 7.90.